The molecule has 1 amide bonds. The highest BCUT2D eigenvalue weighted by atomic mass is 35.5. The molecule has 2 aromatic carbocycles. The van der Waals surface area contributed by atoms with Crippen molar-refractivity contribution in [1.29, 1.82) is 0 Å². The largest absolute Gasteiger partial charge is 0.491 e. The summed E-state index contributed by atoms with van der Waals surface area (Å²) in [5.74, 6) is 1.58. The first-order valence-electron chi connectivity index (χ1n) is 9.17. The highest BCUT2D eigenvalue weighted by Crippen LogP contribution is 2.35. The second-order valence-corrected chi connectivity index (χ2v) is 7.41. The van der Waals surface area contributed by atoms with E-state index < -0.39 is 0 Å². The highest BCUT2D eigenvalue weighted by Gasteiger charge is 2.35. The Labute approximate surface area is 168 Å². The van der Waals surface area contributed by atoms with E-state index in [0.29, 0.717) is 35.4 Å². The van der Waals surface area contributed by atoms with Crippen LogP contribution in [0.5, 0.6) is 5.75 Å². The summed E-state index contributed by atoms with van der Waals surface area (Å²) in [6.45, 7) is 4.42. The van der Waals surface area contributed by atoms with E-state index in [1.807, 2.05) is 56.3 Å². The maximum Gasteiger partial charge on any atom is 0.232 e. The summed E-state index contributed by atoms with van der Waals surface area (Å²) in [6, 6.07) is 14.8. The fourth-order valence-corrected chi connectivity index (χ4v) is 3.49. The molecule has 0 aliphatic carbocycles. The van der Waals surface area contributed by atoms with E-state index in [9.17, 15) is 4.79 Å². The summed E-state index contributed by atoms with van der Waals surface area (Å²) in [7, 11) is 0. The van der Waals surface area contributed by atoms with Crippen molar-refractivity contribution in [3.8, 4) is 17.1 Å². The van der Waals surface area contributed by atoms with Gasteiger partial charge in [0.15, 0.2) is 0 Å². The van der Waals surface area contributed by atoms with Crippen molar-refractivity contribution in [1.82, 2.24) is 10.1 Å². The van der Waals surface area contributed by atoms with Gasteiger partial charge < -0.3 is 14.2 Å². The average Bonchev–Trinajstić information content (AvgIpc) is 3.29. The monoisotopic (exact) mass is 397 g/mol. The molecule has 2 heterocycles. The lowest BCUT2D eigenvalue weighted by atomic mass is 10.1. The number of halogens is 1. The van der Waals surface area contributed by atoms with Crippen molar-refractivity contribution in [2.45, 2.75) is 32.3 Å². The van der Waals surface area contributed by atoms with Crippen LogP contribution < -0.4 is 9.64 Å². The molecule has 0 saturated carbocycles. The summed E-state index contributed by atoms with van der Waals surface area (Å²) in [4.78, 5) is 18.7. The van der Waals surface area contributed by atoms with Gasteiger partial charge in [0.1, 0.15) is 5.75 Å². The van der Waals surface area contributed by atoms with Gasteiger partial charge in [0.05, 0.1) is 22.7 Å². The molecule has 0 spiro atoms. The van der Waals surface area contributed by atoms with Crippen LogP contribution in [0.4, 0.5) is 5.69 Å². The highest BCUT2D eigenvalue weighted by molar-refractivity contribution is 6.33. The molecule has 0 radical (unpaired) electrons. The average molecular weight is 398 g/mol. The second kappa shape index (κ2) is 7.64. The minimum atomic E-state index is -0.159. The molecule has 3 aromatic rings. The lowest BCUT2D eigenvalue weighted by molar-refractivity contribution is -0.117. The van der Waals surface area contributed by atoms with Gasteiger partial charge in [-0.3, -0.25) is 4.79 Å². The van der Waals surface area contributed by atoms with Crippen molar-refractivity contribution < 1.29 is 14.1 Å². The fraction of sp³-hybridized carbons (Fsp3) is 0.286. The third kappa shape index (κ3) is 3.73. The van der Waals surface area contributed by atoms with Crippen LogP contribution in [0.15, 0.2) is 53.1 Å². The van der Waals surface area contributed by atoms with Crippen LogP contribution in [0, 0.1) is 0 Å². The van der Waals surface area contributed by atoms with Crippen molar-refractivity contribution >= 4 is 23.2 Å². The van der Waals surface area contributed by atoms with Gasteiger partial charge in [-0.1, -0.05) is 28.9 Å². The zero-order chi connectivity index (χ0) is 19.7. The summed E-state index contributed by atoms with van der Waals surface area (Å²) >= 11 is 6.24. The van der Waals surface area contributed by atoms with Crippen LogP contribution in [0.2, 0.25) is 5.02 Å². The number of amides is 1. The molecule has 1 fully saturated rings. The zero-order valence-corrected chi connectivity index (χ0v) is 16.4. The van der Waals surface area contributed by atoms with Gasteiger partial charge in [-0.2, -0.15) is 4.98 Å². The molecular weight excluding hydrogens is 378 g/mol. The number of rotatable bonds is 5. The van der Waals surface area contributed by atoms with Crippen LogP contribution in [0.1, 0.15) is 32.1 Å². The van der Waals surface area contributed by atoms with E-state index in [-0.39, 0.29) is 17.9 Å². The second-order valence-electron chi connectivity index (χ2n) is 7.00. The zero-order valence-electron chi connectivity index (χ0n) is 15.6. The number of hydrogen-bond acceptors (Lipinski definition) is 5. The molecule has 1 unspecified atom stereocenters. The molecular formula is C21H20ClN3O3. The topological polar surface area (TPSA) is 68.5 Å². The van der Waals surface area contributed by atoms with Crippen LogP contribution in [0.25, 0.3) is 11.4 Å². The molecule has 1 saturated heterocycles. The Morgan fingerprint density at radius 1 is 1.18 bits per heavy atom. The standard InChI is InChI=1S/C21H20ClN3O3/c1-13(2)27-16-9-7-14(8-10-16)20-23-21(28-24-20)15-11-19(26)25(12-15)18-6-4-3-5-17(18)22/h3-10,13,15H,11-12H2,1-2H3. The van der Waals surface area contributed by atoms with E-state index in [4.69, 9.17) is 20.9 Å². The van der Waals surface area contributed by atoms with Gasteiger partial charge in [-0.15, -0.1) is 0 Å². The lowest BCUT2D eigenvalue weighted by Gasteiger charge is -2.17. The number of nitrogens with zero attached hydrogens (tertiary/aromatic N) is 3. The normalized spacial score (nSPS) is 16.8. The Bertz CT molecular complexity index is 985. The number of ether oxygens (including phenoxy) is 1. The fourth-order valence-electron chi connectivity index (χ4n) is 3.25. The Hall–Kier alpha value is -2.86. The minimum absolute atomic E-state index is 0.00645. The van der Waals surface area contributed by atoms with Crippen molar-refractivity contribution in [3.63, 3.8) is 0 Å². The van der Waals surface area contributed by atoms with Crippen molar-refractivity contribution in [2.24, 2.45) is 0 Å². The van der Waals surface area contributed by atoms with Gasteiger partial charge in [0.25, 0.3) is 0 Å². The Balaban J connectivity index is 1.50. The Morgan fingerprint density at radius 2 is 1.93 bits per heavy atom. The molecule has 144 valence electrons. The van der Waals surface area contributed by atoms with Crippen LogP contribution in [0.3, 0.4) is 0 Å². The molecule has 1 atom stereocenters. The minimum Gasteiger partial charge on any atom is -0.491 e. The molecule has 0 bridgehead atoms. The molecule has 6 nitrogen and oxygen atoms in total. The third-order valence-electron chi connectivity index (χ3n) is 4.54. The first kappa shape index (κ1) is 18.5. The van der Waals surface area contributed by atoms with Crippen LogP contribution in [-0.4, -0.2) is 28.7 Å². The predicted octanol–water partition coefficient (Wildman–Crippen LogP) is 4.70. The summed E-state index contributed by atoms with van der Waals surface area (Å²) < 4.78 is 11.1. The number of benzene rings is 2. The van der Waals surface area contributed by atoms with Gasteiger partial charge in [0.2, 0.25) is 17.6 Å². The van der Waals surface area contributed by atoms with E-state index in [2.05, 4.69) is 10.1 Å². The van der Waals surface area contributed by atoms with E-state index in [0.717, 1.165) is 11.3 Å². The van der Waals surface area contributed by atoms with Crippen molar-refractivity contribution in [2.75, 3.05) is 11.4 Å². The molecule has 1 aliphatic heterocycles. The van der Waals surface area contributed by atoms with Crippen LogP contribution in [-0.2, 0) is 4.79 Å². The molecule has 7 heteroatoms. The lowest BCUT2D eigenvalue weighted by Crippen LogP contribution is -2.24. The van der Waals surface area contributed by atoms with Crippen LogP contribution >= 0.6 is 11.6 Å². The van der Waals surface area contributed by atoms with E-state index >= 15 is 0 Å². The molecule has 1 aromatic heterocycles. The molecule has 4 rings (SSSR count). The Morgan fingerprint density at radius 3 is 2.64 bits per heavy atom. The van der Waals surface area contributed by atoms with Gasteiger partial charge in [-0.25, -0.2) is 0 Å². The molecule has 28 heavy (non-hydrogen) atoms. The molecule has 1 aliphatic rings. The van der Waals surface area contributed by atoms with E-state index in [1.165, 1.54) is 0 Å². The summed E-state index contributed by atoms with van der Waals surface area (Å²) in [5.41, 5.74) is 1.54. The van der Waals surface area contributed by atoms with Crippen molar-refractivity contribution in [3.05, 3.63) is 59.4 Å². The van der Waals surface area contributed by atoms with Gasteiger partial charge >= 0.3 is 0 Å². The number of hydrogen-bond donors (Lipinski definition) is 0. The Kier molecular flexibility index (Phi) is 5.05. The number of aromatic nitrogens is 2. The van der Waals surface area contributed by atoms with Gasteiger partial charge in [-0.05, 0) is 50.2 Å². The predicted molar refractivity (Wildman–Crippen MR) is 107 cm³/mol. The number of para-hydroxylation sites is 1. The third-order valence-corrected chi connectivity index (χ3v) is 4.86. The van der Waals surface area contributed by atoms with Gasteiger partial charge in [0, 0.05) is 18.5 Å². The first-order valence-corrected chi connectivity index (χ1v) is 9.54. The maximum absolute atomic E-state index is 12.5. The van der Waals surface area contributed by atoms with E-state index in [1.54, 1.807) is 11.0 Å². The number of anilines is 1. The first-order chi connectivity index (χ1) is 13.5. The smallest absolute Gasteiger partial charge is 0.232 e. The quantitative estimate of drug-likeness (QED) is 0.624. The number of carbonyl (C=O) groups excluding carboxylic acids is 1. The SMILES string of the molecule is CC(C)Oc1ccc(-c2noc(C3CC(=O)N(c4ccccc4Cl)C3)n2)cc1. The molecule has 0 N–H and O–H groups in total. The maximum atomic E-state index is 12.5. The number of carbonyl (C=O) groups is 1. The summed E-state index contributed by atoms with van der Waals surface area (Å²) in [5, 5.41) is 4.63. The summed E-state index contributed by atoms with van der Waals surface area (Å²) in [6.07, 6.45) is 0.428.